The van der Waals surface area contributed by atoms with Gasteiger partial charge >= 0.3 is 0 Å². The highest BCUT2D eigenvalue weighted by atomic mass is 14.9. The zero-order chi connectivity index (χ0) is 10.8. The lowest BCUT2D eigenvalue weighted by Crippen LogP contribution is -2.28. The molecule has 16 heavy (non-hydrogen) atoms. The molecular weight excluding hydrogens is 198 g/mol. The minimum Gasteiger partial charge on any atom is -0.361 e. The first-order chi connectivity index (χ1) is 7.93. The molecule has 1 aliphatic heterocycles. The van der Waals surface area contributed by atoms with E-state index in [2.05, 4.69) is 21.5 Å². The Bertz CT molecular complexity index is 469. The average Bonchev–Trinajstić information content (AvgIpc) is 2.74. The molecule has 1 saturated heterocycles. The Morgan fingerprint density at radius 3 is 3.06 bits per heavy atom. The quantitative estimate of drug-likeness (QED) is 0.805. The molecule has 3 rings (SSSR count). The van der Waals surface area contributed by atoms with E-state index in [4.69, 9.17) is 0 Å². The molecule has 3 nitrogen and oxygen atoms in total. The molecule has 0 amide bonds. The van der Waals surface area contributed by atoms with Crippen LogP contribution in [0.3, 0.4) is 0 Å². The molecular formula is C13H17N3. The van der Waals surface area contributed by atoms with Crippen molar-refractivity contribution in [2.24, 2.45) is 5.92 Å². The van der Waals surface area contributed by atoms with Crippen LogP contribution in [-0.4, -0.2) is 23.1 Å². The molecule has 2 aromatic heterocycles. The molecule has 84 valence electrons. The second-order valence-corrected chi connectivity index (χ2v) is 4.63. The van der Waals surface area contributed by atoms with Gasteiger partial charge < -0.3 is 10.3 Å². The number of piperidine rings is 1. The van der Waals surface area contributed by atoms with Crippen molar-refractivity contribution in [3.05, 3.63) is 30.2 Å². The fourth-order valence-electron chi connectivity index (χ4n) is 2.58. The highest BCUT2D eigenvalue weighted by molar-refractivity contribution is 5.81. The highest BCUT2D eigenvalue weighted by Gasteiger charge is 2.15. The van der Waals surface area contributed by atoms with Crippen LogP contribution in [0.15, 0.2) is 24.7 Å². The van der Waals surface area contributed by atoms with Crippen molar-refractivity contribution < 1.29 is 0 Å². The second-order valence-electron chi connectivity index (χ2n) is 4.63. The molecule has 0 bridgehead atoms. The van der Waals surface area contributed by atoms with E-state index in [1.54, 1.807) is 0 Å². The smallest absolute Gasteiger partial charge is 0.0487 e. The zero-order valence-corrected chi connectivity index (χ0v) is 9.37. The first-order valence-corrected chi connectivity index (χ1v) is 6.04. The lowest BCUT2D eigenvalue weighted by atomic mass is 9.91. The molecule has 2 aromatic rings. The minimum absolute atomic E-state index is 0.834. The van der Waals surface area contributed by atoms with E-state index in [1.807, 2.05) is 18.5 Å². The fourth-order valence-corrected chi connectivity index (χ4v) is 2.58. The highest BCUT2D eigenvalue weighted by Crippen LogP contribution is 2.23. The average molecular weight is 215 g/mol. The first-order valence-electron chi connectivity index (χ1n) is 6.04. The van der Waals surface area contributed by atoms with Crippen molar-refractivity contribution in [3.8, 4) is 0 Å². The molecule has 3 heterocycles. The first kappa shape index (κ1) is 9.85. The van der Waals surface area contributed by atoms with Crippen LogP contribution in [-0.2, 0) is 6.42 Å². The Labute approximate surface area is 95.3 Å². The summed E-state index contributed by atoms with van der Waals surface area (Å²) in [5, 5.41) is 4.70. The summed E-state index contributed by atoms with van der Waals surface area (Å²) in [6.45, 7) is 2.34. The second kappa shape index (κ2) is 4.26. The molecule has 0 spiro atoms. The Kier molecular flexibility index (Phi) is 2.62. The zero-order valence-electron chi connectivity index (χ0n) is 9.37. The number of nitrogens with one attached hydrogen (secondary N) is 2. The molecule has 0 aliphatic carbocycles. The number of pyridine rings is 1. The number of hydrogen-bond donors (Lipinski definition) is 2. The van der Waals surface area contributed by atoms with Gasteiger partial charge in [0.25, 0.3) is 0 Å². The topological polar surface area (TPSA) is 40.7 Å². The number of H-pyrrole nitrogens is 1. The molecule has 0 saturated carbocycles. The summed E-state index contributed by atoms with van der Waals surface area (Å²) >= 11 is 0. The van der Waals surface area contributed by atoms with Gasteiger partial charge in [0.15, 0.2) is 0 Å². The maximum Gasteiger partial charge on any atom is 0.0487 e. The van der Waals surface area contributed by atoms with Crippen molar-refractivity contribution in [1.82, 2.24) is 15.3 Å². The normalized spacial score (nSPS) is 18.0. The Morgan fingerprint density at radius 2 is 2.19 bits per heavy atom. The van der Waals surface area contributed by atoms with Crippen LogP contribution in [0.1, 0.15) is 18.4 Å². The summed E-state index contributed by atoms with van der Waals surface area (Å²) in [6, 6.07) is 2.04. The predicted molar refractivity (Wildman–Crippen MR) is 65.4 cm³/mol. The number of aromatic amines is 1. The van der Waals surface area contributed by atoms with Gasteiger partial charge in [-0.1, -0.05) is 0 Å². The van der Waals surface area contributed by atoms with Gasteiger partial charge in [-0.2, -0.15) is 0 Å². The van der Waals surface area contributed by atoms with Crippen LogP contribution >= 0.6 is 0 Å². The third kappa shape index (κ3) is 1.83. The van der Waals surface area contributed by atoms with Crippen LogP contribution in [0.25, 0.3) is 10.9 Å². The van der Waals surface area contributed by atoms with Crippen LogP contribution in [0.2, 0.25) is 0 Å². The van der Waals surface area contributed by atoms with Gasteiger partial charge in [-0.05, 0) is 49.9 Å². The largest absolute Gasteiger partial charge is 0.361 e. The lowest BCUT2D eigenvalue weighted by molar-refractivity contribution is 0.373. The van der Waals surface area contributed by atoms with Gasteiger partial charge in [0.2, 0.25) is 0 Å². The number of nitrogens with zero attached hydrogens (tertiary/aromatic N) is 1. The Balaban J connectivity index is 1.83. The van der Waals surface area contributed by atoms with Crippen molar-refractivity contribution >= 4 is 10.9 Å². The van der Waals surface area contributed by atoms with Crippen LogP contribution in [0, 0.1) is 5.92 Å². The third-order valence-electron chi connectivity index (χ3n) is 3.54. The number of hydrogen-bond acceptors (Lipinski definition) is 2. The molecule has 0 aromatic carbocycles. The van der Waals surface area contributed by atoms with Crippen LogP contribution in [0.4, 0.5) is 0 Å². The maximum atomic E-state index is 4.21. The number of rotatable bonds is 2. The summed E-state index contributed by atoms with van der Waals surface area (Å²) < 4.78 is 0. The number of fused-ring (bicyclic) bond motifs is 1. The lowest BCUT2D eigenvalue weighted by Gasteiger charge is -2.22. The molecule has 0 unspecified atom stereocenters. The monoisotopic (exact) mass is 215 g/mol. The summed E-state index contributed by atoms with van der Waals surface area (Å²) in [5.74, 6) is 0.834. The van der Waals surface area contributed by atoms with E-state index in [0.29, 0.717) is 0 Å². The minimum atomic E-state index is 0.834. The van der Waals surface area contributed by atoms with Crippen molar-refractivity contribution in [2.45, 2.75) is 19.3 Å². The van der Waals surface area contributed by atoms with Crippen molar-refractivity contribution in [2.75, 3.05) is 13.1 Å². The van der Waals surface area contributed by atoms with Gasteiger partial charge in [-0.25, -0.2) is 0 Å². The van der Waals surface area contributed by atoms with Gasteiger partial charge in [0.1, 0.15) is 0 Å². The molecule has 1 fully saturated rings. The standard InChI is InChI=1S/C13H17N3/c1-4-14-5-2-10(1)7-11-8-16-13-3-6-15-9-12(11)13/h3,6,8-10,14,16H,1-2,4-5,7H2. The molecule has 3 heteroatoms. The Morgan fingerprint density at radius 1 is 1.31 bits per heavy atom. The Hall–Kier alpha value is -1.35. The van der Waals surface area contributed by atoms with E-state index in [1.165, 1.54) is 48.8 Å². The summed E-state index contributed by atoms with van der Waals surface area (Å²) in [6.07, 6.45) is 9.75. The van der Waals surface area contributed by atoms with E-state index < -0.39 is 0 Å². The molecule has 1 aliphatic rings. The summed E-state index contributed by atoms with van der Waals surface area (Å²) in [7, 11) is 0. The SMILES string of the molecule is c1cc2[nH]cc(CC3CCNCC3)c2cn1. The summed E-state index contributed by atoms with van der Waals surface area (Å²) in [4.78, 5) is 7.53. The maximum absolute atomic E-state index is 4.21. The van der Waals surface area contributed by atoms with E-state index in [9.17, 15) is 0 Å². The third-order valence-corrected chi connectivity index (χ3v) is 3.54. The molecule has 2 N–H and O–H groups in total. The predicted octanol–water partition coefficient (Wildman–Crippen LogP) is 2.10. The van der Waals surface area contributed by atoms with E-state index >= 15 is 0 Å². The van der Waals surface area contributed by atoms with Gasteiger partial charge in [-0.3, -0.25) is 4.98 Å². The van der Waals surface area contributed by atoms with Gasteiger partial charge in [0, 0.05) is 29.5 Å². The number of aromatic nitrogens is 2. The van der Waals surface area contributed by atoms with Gasteiger partial charge in [0.05, 0.1) is 0 Å². The fraction of sp³-hybridized carbons (Fsp3) is 0.462. The molecule has 0 radical (unpaired) electrons. The summed E-state index contributed by atoms with van der Waals surface area (Å²) in [5.41, 5.74) is 2.63. The van der Waals surface area contributed by atoms with Crippen molar-refractivity contribution in [1.29, 1.82) is 0 Å². The van der Waals surface area contributed by atoms with Crippen LogP contribution in [0.5, 0.6) is 0 Å². The van der Waals surface area contributed by atoms with Crippen molar-refractivity contribution in [3.63, 3.8) is 0 Å². The van der Waals surface area contributed by atoms with Crippen LogP contribution < -0.4 is 5.32 Å². The molecule has 0 atom stereocenters. The van der Waals surface area contributed by atoms with E-state index in [0.717, 1.165) is 5.92 Å². The van der Waals surface area contributed by atoms with E-state index in [-0.39, 0.29) is 0 Å². The van der Waals surface area contributed by atoms with Gasteiger partial charge in [-0.15, -0.1) is 0 Å².